The second kappa shape index (κ2) is 7.85. The zero-order valence-electron chi connectivity index (χ0n) is 16.1. The number of nitrogen functional groups attached to an aromatic ring is 1. The molecule has 30 heavy (non-hydrogen) atoms. The van der Waals surface area contributed by atoms with Crippen LogP contribution in [0.4, 0.5) is 10.2 Å². The summed E-state index contributed by atoms with van der Waals surface area (Å²) in [6, 6.07) is 7.59. The molecular formula is C21H19ClFN3O3S. The lowest BCUT2D eigenvalue weighted by Crippen LogP contribution is -2.11. The fourth-order valence-electron chi connectivity index (χ4n) is 3.30. The predicted molar refractivity (Wildman–Crippen MR) is 113 cm³/mol. The number of hydrogen-bond donors (Lipinski definition) is 1. The van der Waals surface area contributed by atoms with E-state index in [1.165, 1.54) is 30.6 Å². The lowest BCUT2D eigenvalue weighted by Gasteiger charge is -2.28. The highest BCUT2D eigenvalue weighted by molar-refractivity contribution is 7.90. The van der Waals surface area contributed by atoms with Gasteiger partial charge in [0, 0.05) is 17.4 Å². The van der Waals surface area contributed by atoms with Crippen LogP contribution in [0.25, 0.3) is 11.3 Å². The van der Waals surface area contributed by atoms with Gasteiger partial charge < -0.3 is 10.5 Å². The largest absolute Gasteiger partial charge is 0.452 e. The third-order valence-electron chi connectivity index (χ3n) is 5.16. The molecule has 9 heteroatoms. The molecule has 1 heterocycles. The minimum Gasteiger partial charge on any atom is -0.452 e. The molecule has 1 aliphatic carbocycles. The standard InChI is InChI=1S/C21H19ClFN3O3S/c1-30(27,28)13-5-8-18(16(22)9-13)29-21-14(12-3-2-4-12)6-7-15(20(21)23)17-10-26-19(24)11-25-17/h5-12H,2-4H2,1H3,(H2,24,26). The van der Waals surface area contributed by atoms with E-state index in [0.717, 1.165) is 31.1 Å². The maximum atomic E-state index is 15.6. The number of ether oxygens (including phenoxy) is 1. The van der Waals surface area contributed by atoms with E-state index in [1.54, 1.807) is 6.07 Å². The van der Waals surface area contributed by atoms with E-state index in [2.05, 4.69) is 9.97 Å². The topological polar surface area (TPSA) is 95.2 Å². The SMILES string of the molecule is CS(=O)(=O)c1ccc(Oc2c(C3CCC3)ccc(-c3cnc(N)cn3)c2F)c(Cl)c1. The highest BCUT2D eigenvalue weighted by Crippen LogP contribution is 2.45. The number of anilines is 1. The van der Waals surface area contributed by atoms with Gasteiger partial charge in [-0.25, -0.2) is 17.8 Å². The minimum absolute atomic E-state index is 0.0600. The Morgan fingerprint density at radius 2 is 1.93 bits per heavy atom. The number of halogens is 2. The zero-order chi connectivity index (χ0) is 21.5. The highest BCUT2D eigenvalue weighted by Gasteiger charge is 2.27. The summed E-state index contributed by atoms with van der Waals surface area (Å²) >= 11 is 6.24. The van der Waals surface area contributed by atoms with Gasteiger partial charge in [-0.05, 0) is 43.0 Å². The number of hydrogen-bond acceptors (Lipinski definition) is 6. The van der Waals surface area contributed by atoms with Gasteiger partial charge in [0.25, 0.3) is 0 Å². The first-order valence-corrected chi connectivity index (χ1v) is 11.6. The molecule has 1 saturated carbocycles. The van der Waals surface area contributed by atoms with Crippen molar-refractivity contribution in [3.63, 3.8) is 0 Å². The Morgan fingerprint density at radius 3 is 2.50 bits per heavy atom. The number of sulfone groups is 1. The molecule has 2 aromatic carbocycles. The second-order valence-electron chi connectivity index (χ2n) is 7.27. The Balaban J connectivity index is 1.79. The fourth-order valence-corrected chi connectivity index (χ4v) is 4.23. The molecule has 0 amide bonds. The van der Waals surface area contributed by atoms with Crippen LogP contribution in [-0.4, -0.2) is 24.6 Å². The van der Waals surface area contributed by atoms with Crippen LogP contribution in [0.15, 0.2) is 47.6 Å². The van der Waals surface area contributed by atoms with Crippen molar-refractivity contribution in [1.82, 2.24) is 9.97 Å². The van der Waals surface area contributed by atoms with Crippen LogP contribution in [0.3, 0.4) is 0 Å². The van der Waals surface area contributed by atoms with Gasteiger partial charge in [-0.15, -0.1) is 0 Å². The van der Waals surface area contributed by atoms with Gasteiger partial charge in [-0.2, -0.15) is 0 Å². The molecule has 0 radical (unpaired) electrons. The normalized spacial score (nSPS) is 14.4. The number of nitrogens with two attached hydrogens (primary N) is 1. The molecule has 0 aliphatic heterocycles. The molecule has 1 fully saturated rings. The van der Waals surface area contributed by atoms with Gasteiger partial charge >= 0.3 is 0 Å². The van der Waals surface area contributed by atoms with E-state index in [0.29, 0.717) is 5.69 Å². The van der Waals surface area contributed by atoms with Crippen molar-refractivity contribution in [2.45, 2.75) is 30.1 Å². The van der Waals surface area contributed by atoms with Gasteiger partial charge in [0.05, 0.1) is 28.0 Å². The zero-order valence-corrected chi connectivity index (χ0v) is 17.7. The van der Waals surface area contributed by atoms with E-state index in [9.17, 15) is 8.42 Å². The Hall–Kier alpha value is -2.71. The highest BCUT2D eigenvalue weighted by atomic mass is 35.5. The molecule has 0 atom stereocenters. The Kier molecular flexibility index (Phi) is 5.38. The van der Waals surface area contributed by atoms with Crippen LogP contribution in [0, 0.1) is 5.82 Å². The van der Waals surface area contributed by atoms with E-state index in [4.69, 9.17) is 22.1 Å². The summed E-state index contributed by atoms with van der Waals surface area (Å²) in [6.45, 7) is 0. The first-order chi connectivity index (χ1) is 14.2. The lowest BCUT2D eigenvalue weighted by molar-refractivity contribution is 0.384. The van der Waals surface area contributed by atoms with E-state index < -0.39 is 15.7 Å². The van der Waals surface area contributed by atoms with Crippen molar-refractivity contribution in [1.29, 1.82) is 0 Å². The number of benzene rings is 2. The quantitative estimate of drug-likeness (QED) is 0.592. The van der Waals surface area contributed by atoms with Crippen LogP contribution in [0.5, 0.6) is 11.5 Å². The molecule has 6 nitrogen and oxygen atoms in total. The minimum atomic E-state index is -3.43. The molecule has 3 aromatic rings. The van der Waals surface area contributed by atoms with Crippen molar-refractivity contribution in [3.05, 3.63) is 59.1 Å². The van der Waals surface area contributed by atoms with Crippen molar-refractivity contribution in [2.75, 3.05) is 12.0 Å². The average molecular weight is 448 g/mol. The van der Waals surface area contributed by atoms with Crippen molar-refractivity contribution < 1.29 is 17.5 Å². The first-order valence-electron chi connectivity index (χ1n) is 9.32. The molecule has 0 unspecified atom stereocenters. The molecular weight excluding hydrogens is 429 g/mol. The fraction of sp³-hybridized carbons (Fsp3) is 0.238. The van der Waals surface area contributed by atoms with Gasteiger partial charge in [0.15, 0.2) is 21.4 Å². The number of rotatable bonds is 5. The maximum Gasteiger partial charge on any atom is 0.175 e. The third-order valence-corrected chi connectivity index (χ3v) is 6.57. The van der Waals surface area contributed by atoms with Gasteiger partial charge in [-0.3, -0.25) is 4.98 Å². The van der Waals surface area contributed by atoms with E-state index >= 15 is 4.39 Å². The van der Waals surface area contributed by atoms with Crippen LogP contribution >= 0.6 is 11.6 Å². The molecule has 1 aromatic heterocycles. The summed E-state index contributed by atoms with van der Waals surface area (Å²) in [7, 11) is -3.43. The third kappa shape index (κ3) is 3.97. The lowest BCUT2D eigenvalue weighted by atomic mass is 9.79. The monoisotopic (exact) mass is 447 g/mol. The first kappa shape index (κ1) is 20.6. The average Bonchev–Trinajstić information content (AvgIpc) is 2.64. The number of aromatic nitrogens is 2. The summed E-state index contributed by atoms with van der Waals surface area (Å²) in [6.07, 6.45) is 6.80. The molecule has 0 spiro atoms. The van der Waals surface area contributed by atoms with Crippen molar-refractivity contribution in [3.8, 4) is 22.8 Å². The smallest absolute Gasteiger partial charge is 0.175 e. The molecule has 0 bridgehead atoms. The molecule has 4 rings (SSSR count). The summed E-state index contributed by atoms with van der Waals surface area (Å²) < 4.78 is 45.0. The van der Waals surface area contributed by atoms with Gasteiger partial charge in [0.1, 0.15) is 11.6 Å². The van der Waals surface area contributed by atoms with E-state index in [1.807, 2.05) is 6.07 Å². The predicted octanol–water partition coefficient (Wildman–Crippen LogP) is 4.98. The molecule has 2 N–H and O–H groups in total. The van der Waals surface area contributed by atoms with Crippen molar-refractivity contribution >= 4 is 27.3 Å². The van der Waals surface area contributed by atoms with Gasteiger partial charge in [0.2, 0.25) is 0 Å². The summed E-state index contributed by atoms with van der Waals surface area (Å²) in [5.74, 6) is 0.0743. The maximum absolute atomic E-state index is 15.6. The molecule has 0 saturated heterocycles. The van der Waals surface area contributed by atoms with Crippen LogP contribution in [-0.2, 0) is 9.84 Å². The van der Waals surface area contributed by atoms with Crippen LogP contribution < -0.4 is 10.5 Å². The van der Waals surface area contributed by atoms with Crippen LogP contribution in [0.1, 0.15) is 30.7 Å². The Bertz CT molecular complexity index is 1210. The van der Waals surface area contributed by atoms with Crippen molar-refractivity contribution in [2.24, 2.45) is 0 Å². The molecule has 1 aliphatic rings. The second-order valence-corrected chi connectivity index (χ2v) is 9.69. The van der Waals surface area contributed by atoms with Gasteiger partial charge in [-0.1, -0.05) is 24.1 Å². The molecule has 156 valence electrons. The summed E-state index contributed by atoms with van der Waals surface area (Å²) in [5, 5.41) is 0.0783. The Labute approximate surface area is 178 Å². The Morgan fingerprint density at radius 1 is 1.17 bits per heavy atom. The van der Waals surface area contributed by atoms with E-state index in [-0.39, 0.29) is 38.7 Å². The summed E-state index contributed by atoms with van der Waals surface area (Å²) in [4.78, 5) is 8.18. The summed E-state index contributed by atoms with van der Waals surface area (Å²) in [5.41, 5.74) is 6.87. The number of nitrogens with zero attached hydrogens (tertiary/aromatic N) is 2. The van der Waals surface area contributed by atoms with Crippen LogP contribution in [0.2, 0.25) is 5.02 Å².